The molecule has 0 bridgehead atoms. The van der Waals surface area contributed by atoms with Crippen LogP contribution in [-0.4, -0.2) is 26.2 Å². The summed E-state index contributed by atoms with van der Waals surface area (Å²) in [5.74, 6) is 1.51. The minimum absolute atomic E-state index is 0.0308. The van der Waals surface area contributed by atoms with Crippen molar-refractivity contribution in [1.82, 2.24) is 19.5 Å². The van der Waals surface area contributed by atoms with E-state index in [9.17, 15) is 5.26 Å². The third-order valence-corrected chi connectivity index (χ3v) is 17.3. The van der Waals surface area contributed by atoms with Crippen LogP contribution in [0.15, 0.2) is 218 Å². The fourth-order valence-corrected chi connectivity index (χ4v) is 12.9. The number of aromatic nitrogens is 4. The molecule has 14 rings (SSSR count). The molecule has 0 N–H and O–H groups in total. The highest BCUT2D eigenvalue weighted by Crippen LogP contribution is 2.49. The molecule has 0 amide bonds. The van der Waals surface area contributed by atoms with Crippen LogP contribution in [-0.2, 0) is 16.2 Å². The van der Waals surface area contributed by atoms with Crippen LogP contribution in [0.1, 0.15) is 90.1 Å². The first-order chi connectivity index (χ1) is 40.9. The summed E-state index contributed by atoms with van der Waals surface area (Å²) < 4.78 is 2.24. The molecule has 0 radical (unpaired) electrons. The van der Waals surface area contributed by atoms with E-state index in [2.05, 4.69) is 229 Å². The zero-order valence-corrected chi connectivity index (χ0v) is 50.0. The van der Waals surface area contributed by atoms with E-state index in [1.54, 1.807) is 0 Å². The summed E-state index contributed by atoms with van der Waals surface area (Å²) in [6, 6.07) is 81.5. The second kappa shape index (κ2) is 19.9. The zero-order valence-electron chi connectivity index (χ0n) is 50.0. The molecule has 2 aromatic heterocycles. The maximum atomic E-state index is 11.4. The molecule has 0 fully saturated rings. The highest BCUT2D eigenvalue weighted by molar-refractivity contribution is 7.00. The molecule has 4 heterocycles. The first-order valence-electron chi connectivity index (χ1n) is 29.6. The van der Waals surface area contributed by atoms with Gasteiger partial charge in [-0.1, -0.05) is 202 Å². The number of para-hydroxylation sites is 3. The van der Waals surface area contributed by atoms with Crippen LogP contribution in [0, 0.1) is 18.3 Å². The third kappa shape index (κ3) is 9.09. The number of benzene rings is 10. The van der Waals surface area contributed by atoms with Crippen LogP contribution < -0.4 is 26.2 Å². The molecule has 7 nitrogen and oxygen atoms in total. The van der Waals surface area contributed by atoms with Crippen molar-refractivity contribution in [3.05, 3.63) is 246 Å². The zero-order chi connectivity index (χ0) is 58.7. The number of fused-ring (bicyclic) bond motifs is 7. The Balaban J connectivity index is 1.01. The molecule has 85 heavy (non-hydrogen) atoms. The number of hydrogen-bond donors (Lipinski definition) is 0. The van der Waals surface area contributed by atoms with Crippen molar-refractivity contribution in [2.45, 2.75) is 85.5 Å². The van der Waals surface area contributed by atoms with Crippen LogP contribution in [0.4, 0.5) is 34.1 Å². The van der Waals surface area contributed by atoms with Gasteiger partial charge in [-0.3, -0.25) is 0 Å². The van der Waals surface area contributed by atoms with Gasteiger partial charge in [0.1, 0.15) is 6.07 Å². The number of nitriles is 1. The Hall–Kier alpha value is -9.84. The van der Waals surface area contributed by atoms with Gasteiger partial charge in [0.2, 0.25) is 0 Å². The first-order valence-corrected chi connectivity index (χ1v) is 29.6. The minimum atomic E-state index is -0.102. The third-order valence-electron chi connectivity index (χ3n) is 17.3. The van der Waals surface area contributed by atoms with Gasteiger partial charge in [0.25, 0.3) is 6.71 Å². The molecule has 2 aliphatic heterocycles. The minimum Gasteiger partial charge on any atom is -0.311 e. The molecule has 0 saturated heterocycles. The Kier molecular flexibility index (Phi) is 12.5. The van der Waals surface area contributed by atoms with Gasteiger partial charge < -0.3 is 14.4 Å². The van der Waals surface area contributed by atoms with Crippen LogP contribution in [0.2, 0.25) is 0 Å². The normalized spacial score (nSPS) is 13.0. The fourth-order valence-electron chi connectivity index (χ4n) is 12.9. The predicted molar refractivity (Wildman–Crippen MR) is 355 cm³/mol. The van der Waals surface area contributed by atoms with E-state index >= 15 is 0 Å². The van der Waals surface area contributed by atoms with E-state index in [0.29, 0.717) is 28.6 Å². The van der Waals surface area contributed by atoms with Gasteiger partial charge in [0, 0.05) is 61.6 Å². The molecule has 8 heteroatoms. The van der Waals surface area contributed by atoms with E-state index in [1.807, 2.05) is 78.9 Å². The molecule has 0 atom stereocenters. The molecular formula is C77H66BN7. The molecule has 0 saturated carbocycles. The maximum Gasteiger partial charge on any atom is 0.252 e. The van der Waals surface area contributed by atoms with Crippen LogP contribution >= 0.6 is 0 Å². The molecule has 12 aromatic rings. The van der Waals surface area contributed by atoms with Crippen molar-refractivity contribution in [1.29, 1.82) is 5.26 Å². The largest absolute Gasteiger partial charge is 0.311 e. The van der Waals surface area contributed by atoms with Gasteiger partial charge in [-0.15, -0.1) is 0 Å². The monoisotopic (exact) mass is 1100 g/mol. The number of anilines is 6. The van der Waals surface area contributed by atoms with Gasteiger partial charge in [0.05, 0.1) is 22.3 Å². The van der Waals surface area contributed by atoms with Crippen molar-refractivity contribution < 1.29 is 0 Å². The van der Waals surface area contributed by atoms with Crippen molar-refractivity contribution in [2.75, 3.05) is 9.80 Å². The summed E-state index contributed by atoms with van der Waals surface area (Å²) in [4.78, 5) is 20.3. The second-order valence-corrected chi connectivity index (χ2v) is 26.2. The quantitative estimate of drug-likeness (QED) is 0.148. The van der Waals surface area contributed by atoms with E-state index in [-0.39, 0.29) is 23.0 Å². The number of hydrogen-bond acceptors (Lipinski definition) is 6. The van der Waals surface area contributed by atoms with Gasteiger partial charge in [-0.05, 0) is 152 Å². The Morgan fingerprint density at radius 2 is 0.871 bits per heavy atom. The Morgan fingerprint density at radius 1 is 0.388 bits per heavy atom. The molecule has 412 valence electrons. The Morgan fingerprint density at radius 3 is 1.44 bits per heavy atom. The van der Waals surface area contributed by atoms with Crippen LogP contribution in [0.3, 0.4) is 0 Å². The topological polar surface area (TPSA) is 73.9 Å². The first kappa shape index (κ1) is 53.2. The van der Waals surface area contributed by atoms with Crippen molar-refractivity contribution in [2.24, 2.45) is 0 Å². The standard InChI is InChI=1S/C77H66BN7/c1-48-38-53(75(2,3)4)44-56(39-48)83-67-33-21-18-30-62(67)78-63-31-19-22-34-68(63)84(57-45-54(76(5,6)7)43-55(46-57)77(8,9)10)70-42-52(41-69(83)71(70)78)51-36-37-66-60(40-51)58-28-17-20-32-64(58)85(66)65-35-23-29-59(61(65)47-79)74-81-72(49-24-13-11-14-25-49)80-73(82-74)50-26-15-12-16-27-50/h11-46H,1-10H3. The fraction of sp³-hybridized carbons (Fsp3) is 0.169. The lowest BCUT2D eigenvalue weighted by molar-refractivity contribution is 0.569. The highest BCUT2D eigenvalue weighted by atomic mass is 15.2. The molecule has 2 aliphatic rings. The van der Waals surface area contributed by atoms with Gasteiger partial charge >= 0.3 is 0 Å². The summed E-state index contributed by atoms with van der Waals surface area (Å²) in [5, 5.41) is 13.6. The van der Waals surface area contributed by atoms with E-state index in [4.69, 9.17) is 15.0 Å². The van der Waals surface area contributed by atoms with Crippen LogP contribution in [0.25, 0.3) is 72.8 Å². The Bertz CT molecular complexity index is 4610. The van der Waals surface area contributed by atoms with Crippen molar-refractivity contribution in [3.63, 3.8) is 0 Å². The predicted octanol–water partition coefficient (Wildman–Crippen LogP) is 17.8. The summed E-state index contributed by atoms with van der Waals surface area (Å²) >= 11 is 0. The molecule has 0 unspecified atom stereocenters. The van der Waals surface area contributed by atoms with Gasteiger partial charge in [-0.25, -0.2) is 15.0 Å². The second-order valence-electron chi connectivity index (χ2n) is 26.2. The molecule has 0 aliphatic carbocycles. The van der Waals surface area contributed by atoms with E-state index < -0.39 is 0 Å². The molecular weight excluding hydrogens is 1030 g/mol. The lowest BCUT2D eigenvalue weighted by atomic mass is 9.33. The highest BCUT2D eigenvalue weighted by Gasteiger charge is 2.44. The van der Waals surface area contributed by atoms with Crippen molar-refractivity contribution in [3.8, 4) is 57.0 Å². The molecule has 10 aromatic carbocycles. The average Bonchev–Trinajstić information content (AvgIpc) is 1.01. The number of rotatable bonds is 7. The lowest BCUT2D eigenvalue weighted by Gasteiger charge is -2.45. The van der Waals surface area contributed by atoms with E-state index in [0.717, 1.165) is 72.5 Å². The van der Waals surface area contributed by atoms with Gasteiger partial charge in [-0.2, -0.15) is 5.26 Å². The summed E-state index contributed by atoms with van der Waals surface area (Å²) in [6.07, 6.45) is 0. The molecule has 0 spiro atoms. The smallest absolute Gasteiger partial charge is 0.252 e. The Labute approximate surface area is 499 Å². The van der Waals surface area contributed by atoms with Crippen molar-refractivity contribution >= 4 is 79.0 Å². The average molecular weight is 1100 g/mol. The SMILES string of the molecule is Cc1cc(N2c3ccccc3B3c4ccccc4N(c4cc(C(C)(C)C)cc(C(C)(C)C)c4)c4cc(-c5ccc6c(c5)c5ccccc5n6-c5cccc(-c6nc(-c7ccccc7)nc(-c7ccccc7)n6)c5C#N)cc2c43)cc(C(C)(C)C)c1. The number of nitrogens with zero attached hydrogens (tertiary/aromatic N) is 7. The number of aryl methyl sites for hydroxylation is 1. The summed E-state index contributed by atoms with van der Waals surface area (Å²) in [6.45, 7) is 23.1. The summed E-state index contributed by atoms with van der Waals surface area (Å²) in [5.41, 5.74) is 23.4. The van der Waals surface area contributed by atoms with Gasteiger partial charge in [0.15, 0.2) is 17.5 Å². The summed E-state index contributed by atoms with van der Waals surface area (Å²) in [7, 11) is 0. The van der Waals surface area contributed by atoms with E-state index in [1.165, 1.54) is 50.0 Å². The maximum absolute atomic E-state index is 11.4. The lowest BCUT2D eigenvalue weighted by Crippen LogP contribution is -2.61. The van der Waals surface area contributed by atoms with Crippen LogP contribution in [0.5, 0.6) is 0 Å².